The molecule has 0 spiro atoms. The molecular weight excluding hydrogens is 995 g/mol. The SMILES string of the molecule is CCCCCCCCCC/C=C\CCCCCCCCCCCCCCCCCCCCCCCC(=O)NC(COC1OC(CO)C(O)C(O)C1O)C(O)/C=C/CCCCCCCCCCCCCCCCCCCCCCCC. The Labute approximate surface area is 496 Å². The number of allylic oxidation sites excluding steroid dienone is 3. The lowest BCUT2D eigenvalue weighted by atomic mass is 9.99. The minimum atomic E-state index is -1.57. The molecule has 9 heteroatoms. The third-order valence-corrected chi connectivity index (χ3v) is 17.3. The highest BCUT2D eigenvalue weighted by molar-refractivity contribution is 5.76. The van der Waals surface area contributed by atoms with Crippen LogP contribution in [0.3, 0.4) is 0 Å². The van der Waals surface area contributed by atoms with Crippen LogP contribution in [0.15, 0.2) is 24.3 Å². The van der Waals surface area contributed by atoms with Gasteiger partial charge in [-0.3, -0.25) is 4.79 Å². The zero-order valence-corrected chi connectivity index (χ0v) is 53.1. The summed E-state index contributed by atoms with van der Waals surface area (Å²) in [5.74, 6) is -0.168. The van der Waals surface area contributed by atoms with E-state index in [1.165, 1.54) is 308 Å². The Morgan fingerprint density at radius 1 is 0.412 bits per heavy atom. The third kappa shape index (κ3) is 49.0. The average Bonchev–Trinajstić information content (AvgIpc) is 3.46. The number of aliphatic hydroxyl groups excluding tert-OH is 5. The Balaban J connectivity index is 2.10. The minimum absolute atomic E-state index is 0.168. The van der Waals surface area contributed by atoms with Crippen LogP contribution in [0.25, 0.3) is 0 Å². The van der Waals surface area contributed by atoms with E-state index in [2.05, 4.69) is 31.3 Å². The molecule has 0 aromatic heterocycles. The molecule has 1 heterocycles. The van der Waals surface area contributed by atoms with Gasteiger partial charge < -0.3 is 40.3 Å². The molecule has 1 aliphatic rings. The van der Waals surface area contributed by atoms with E-state index in [-0.39, 0.29) is 12.5 Å². The molecule has 1 fully saturated rings. The van der Waals surface area contributed by atoms with E-state index in [9.17, 15) is 30.3 Å². The summed E-state index contributed by atoms with van der Waals surface area (Å²) in [5.41, 5.74) is 0. The standard InChI is InChI=1S/C71H137NO8/c1-3-5-7-9-11-13-15-17-19-21-23-25-27-29-30-31-32-33-34-35-36-37-39-41-43-45-47-49-51-53-55-57-59-61-67(75)72-64(63-79-71-70(78)69(77)68(76)66(62-73)80-71)65(74)60-58-56-54-52-50-48-46-44-42-40-38-28-26-24-22-20-18-16-14-12-10-8-6-4-2/h21,23,58,60,64-66,68-71,73-74,76-78H,3-20,22,24-57,59,61-63H2,1-2H3,(H,72,75)/b23-21-,60-58+. The van der Waals surface area contributed by atoms with Gasteiger partial charge in [-0.15, -0.1) is 0 Å². The number of nitrogens with one attached hydrogen (secondary N) is 1. The van der Waals surface area contributed by atoms with Crippen molar-refractivity contribution in [3.8, 4) is 0 Å². The molecule has 1 amide bonds. The topological polar surface area (TPSA) is 149 Å². The molecule has 80 heavy (non-hydrogen) atoms. The van der Waals surface area contributed by atoms with Crippen LogP contribution >= 0.6 is 0 Å². The van der Waals surface area contributed by atoms with Crippen LogP contribution in [0.1, 0.15) is 367 Å². The first-order chi connectivity index (χ1) is 39.3. The van der Waals surface area contributed by atoms with Crippen LogP contribution < -0.4 is 5.32 Å². The first-order valence-electron chi connectivity index (χ1n) is 35.6. The maximum Gasteiger partial charge on any atom is 0.220 e. The minimum Gasteiger partial charge on any atom is -0.394 e. The predicted octanol–water partition coefficient (Wildman–Crippen LogP) is 19.3. The highest BCUT2D eigenvalue weighted by Crippen LogP contribution is 2.24. The third-order valence-electron chi connectivity index (χ3n) is 17.3. The summed E-state index contributed by atoms with van der Waals surface area (Å²) in [7, 11) is 0. The Bertz CT molecular complexity index is 1310. The normalized spacial score (nSPS) is 18.5. The van der Waals surface area contributed by atoms with Crippen molar-refractivity contribution in [1.82, 2.24) is 5.32 Å². The van der Waals surface area contributed by atoms with Crippen molar-refractivity contribution in [3.05, 3.63) is 24.3 Å². The molecule has 1 saturated heterocycles. The van der Waals surface area contributed by atoms with E-state index in [0.717, 1.165) is 38.5 Å². The Morgan fingerprint density at radius 2 is 0.700 bits per heavy atom. The molecule has 1 aliphatic heterocycles. The molecule has 0 aromatic rings. The van der Waals surface area contributed by atoms with E-state index in [4.69, 9.17) is 9.47 Å². The summed E-state index contributed by atoms with van der Waals surface area (Å²) in [5, 5.41) is 54.8. The van der Waals surface area contributed by atoms with E-state index in [1.807, 2.05) is 6.08 Å². The molecule has 7 unspecified atom stereocenters. The quantitative estimate of drug-likeness (QED) is 0.0261. The second-order valence-corrected chi connectivity index (χ2v) is 25.0. The smallest absolute Gasteiger partial charge is 0.220 e. The first-order valence-corrected chi connectivity index (χ1v) is 35.6. The summed E-state index contributed by atoms with van der Waals surface area (Å²) in [6.07, 6.45) is 72.9. The Kier molecular flexibility index (Phi) is 58.3. The van der Waals surface area contributed by atoms with Crippen LogP contribution in [-0.4, -0.2) is 87.5 Å². The maximum absolute atomic E-state index is 13.1. The fourth-order valence-electron chi connectivity index (χ4n) is 11.7. The van der Waals surface area contributed by atoms with Crippen LogP contribution in [0.4, 0.5) is 0 Å². The van der Waals surface area contributed by atoms with Crippen LogP contribution in [0.2, 0.25) is 0 Å². The molecule has 0 bridgehead atoms. The van der Waals surface area contributed by atoms with E-state index in [1.54, 1.807) is 6.08 Å². The number of hydrogen-bond donors (Lipinski definition) is 6. The van der Waals surface area contributed by atoms with Gasteiger partial charge in [0.1, 0.15) is 24.4 Å². The largest absolute Gasteiger partial charge is 0.394 e. The number of ether oxygens (including phenoxy) is 2. The Morgan fingerprint density at radius 3 is 1.01 bits per heavy atom. The van der Waals surface area contributed by atoms with Gasteiger partial charge in [0.2, 0.25) is 5.91 Å². The summed E-state index contributed by atoms with van der Waals surface area (Å²) in [4.78, 5) is 13.1. The Hall–Kier alpha value is -1.33. The molecule has 6 N–H and O–H groups in total. The molecule has 0 radical (unpaired) electrons. The van der Waals surface area contributed by atoms with Crippen molar-refractivity contribution in [1.29, 1.82) is 0 Å². The van der Waals surface area contributed by atoms with E-state index < -0.39 is 49.5 Å². The van der Waals surface area contributed by atoms with E-state index in [0.29, 0.717) is 6.42 Å². The van der Waals surface area contributed by atoms with E-state index >= 15 is 0 Å². The van der Waals surface area contributed by atoms with Gasteiger partial charge in [-0.25, -0.2) is 0 Å². The number of hydrogen-bond acceptors (Lipinski definition) is 8. The molecule has 0 aliphatic carbocycles. The number of unbranched alkanes of at least 4 members (excludes halogenated alkanes) is 51. The molecule has 0 aromatic carbocycles. The zero-order chi connectivity index (χ0) is 57.9. The maximum atomic E-state index is 13.1. The van der Waals surface area contributed by atoms with Crippen LogP contribution in [-0.2, 0) is 14.3 Å². The van der Waals surface area contributed by atoms with Crippen molar-refractivity contribution in [2.75, 3.05) is 13.2 Å². The lowest BCUT2D eigenvalue weighted by Gasteiger charge is -2.40. The molecule has 0 saturated carbocycles. The van der Waals surface area contributed by atoms with Crippen molar-refractivity contribution in [2.45, 2.75) is 410 Å². The van der Waals surface area contributed by atoms with Crippen LogP contribution in [0, 0.1) is 0 Å². The molecule has 9 nitrogen and oxygen atoms in total. The molecule has 1 rings (SSSR count). The number of aliphatic hydroxyl groups is 5. The van der Waals surface area contributed by atoms with Gasteiger partial charge >= 0.3 is 0 Å². The number of amides is 1. The van der Waals surface area contributed by atoms with Crippen molar-refractivity contribution >= 4 is 5.91 Å². The number of carbonyl (C=O) groups excluding carboxylic acids is 1. The first kappa shape index (κ1) is 76.7. The highest BCUT2D eigenvalue weighted by Gasteiger charge is 2.44. The summed E-state index contributed by atoms with van der Waals surface area (Å²) < 4.78 is 11.3. The van der Waals surface area contributed by atoms with Crippen LogP contribution in [0.5, 0.6) is 0 Å². The monoisotopic (exact) mass is 1130 g/mol. The highest BCUT2D eigenvalue weighted by atomic mass is 16.7. The van der Waals surface area contributed by atoms with Gasteiger partial charge in [-0.2, -0.15) is 0 Å². The second kappa shape index (κ2) is 60.8. The lowest BCUT2D eigenvalue weighted by molar-refractivity contribution is -0.302. The zero-order valence-electron chi connectivity index (χ0n) is 53.1. The van der Waals surface area contributed by atoms with Crippen molar-refractivity contribution < 1.29 is 39.8 Å². The van der Waals surface area contributed by atoms with Gasteiger partial charge in [0.05, 0.1) is 25.4 Å². The fraction of sp³-hybridized carbons (Fsp3) is 0.930. The second-order valence-electron chi connectivity index (χ2n) is 25.0. The molecular formula is C71H137NO8. The van der Waals surface area contributed by atoms with Crippen molar-refractivity contribution in [2.24, 2.45) is 0 Å². The van der Waals surface area contributed by atoms with Crippen molar-refractivity contribution in [3.63, 3.8) is 0 Å². The molecule has 7 atom stereocenters. The lowest BCUT2D eigenvalue weighted by Crippen LogP contribution is -2.60. The average molecular weight is 1130 g/mol. The van der Waals surface area contributed by atoms with Gasteiger partial charge in [-0.05, 0) is 44.9 Å². The number of carbonyl (C=O) groups is 1. The fourth-order valence-corrected chi connectivity index (χ4v) is 11.7. The summed E-state index contributed by atoms with van der Waals surface area (Å²) in [6, 6.07) is -0.803. The van der Waals surface area contributed by atoms with Gasteiger partial charge in [0.25, 0.3) is 0 Å². The van der Waals surface area contributed by atoms with Gasteiger partial charge in [0, 0.05) is 6.42 Å². The van der Waals surface area contributed by atoms with Gasteiger partial charge in [0.15, 0.2) is 6.29 Å². The predicted molar refractivity (Wildman–Crippen MR) is 341 cm³/mol. The van der Waals surface area contributed by atoms with Gasteiger partial charge in [-0.1, -0.05) is 340 Å². The number of rotatable bonds is 63. The summed E-state index contributed by atoms with van der Waals surface area (Å²) in [6.45, 7) is 3.84. The molecule has 474 valence electrons. The summed E-state index contributed by atoms with van der Waals surface area (Å²) >= 11 is 0.